The number of piperidine rings is 1. The Hall–Kier alpha value is -1.79. The maximum atomic E-state index is 13.1. The molecule has 6 nitrogen and oxygen atoms in total. The Morgan fingerprint density at radius 3 is 2.35 bits per heavy atom. The van der Waals surface area contributed by atoms with E-state index in [1.54, 1.807) is 19.1 Å². The van der Waals surface area contributed by atoms with Crippen molar-refractivity contribution in [2.75, 3.05) is 53.5 Å². The van der Waals surface area contributed by atoms with Crippen LogP contribution in [-0.4, -0.2) is 70.3 Å². The number of benzene rings is 1. The van der Waals surface area contributed by atoms with Gasteiger partial charge in [-0.05, 0) is 56.2 Å². The first kappa shape index (κ1) is 22.4. The number of rotatable bonds is 6. The van der Waals surface area contributed by atoms with Crippen molar-refractivity contribution >= 4 is 5.91 Å². The maximum Gasteiger partial charge on any atom is 0.278 e. The van der Waals surface area contributed by atoms with Crippen LogP contribution in [0.5, 0.6) is 11.5 Å². The fourth-order valence-corrected chi connectivity index (χ4v) is 6.04. The predicted octanol–water partition coefficient (Wildman–Crippen LogP) is 0.477. The van der Waals surface area contributed by atoms with Gasteiger partial charge in [0.05, 0.1) is 14.2 Å². The molecule has 0 aromatic heterocycles. The minimum absolute atomic E-state index is 0.408. The molecule has 2 atom stereocenters. The van der Waals surface area contributed by atoms with Crippen LogP contribution in [0.1, 0.15) is 49.7 Å². The van der Waals surface area contributed by atoms with Crippen LogP contribution in [0.3, 0.4) is 0 Å². The number of nitrogens with one attached hydrogen (secondary N) is 2. The summed E-state index contributed by atoms with van der Waals surface area (Å²) in [5, 5.41) is 0. The first-order chi connectivity index (χ1) is 15.1. The fourth-order valence-electron chi connectivity index (χ4n) is 6.04. The highest BCUT2D eigenvalue weighted by atomic mass is 16.5. The Bertz CT molecular complexity index is 759. The lowest BCUT2D eigenvalue weighted by Gasteiger charge is -2.44. The number of ether oxygens (including phenoxy) is 2. The van der Waals surface area contributed by atoms with E-state index < -0.39 is 0 Å². The number of amides is 1. The molecule has 1 saturated carbocycles. The first-order valence-corrected chi connectivity index (χ1v) is 12.3. The molecule has 2 aliphatic heterocycles. The standard InChI is InChI=1S/C25H39N3O3/c1-19-15-23(30-2)24(31-3)16-21(19)17-26-11-13-27(14-12-26)18-25(29)28-10-6-8-20-7-4-5-9-22(20)28/h15-16,20,22H,4-14,17-18H2,1-3H3/p+2/t20-,22+/m0/s1. The largest absolute Gasteiger partial charge is 0.493 e. The topological polar surface area (TPSA) is 47.7 Å². The van der Waals surface area contributed by atoms with Gasteiger partial charge in [-0.25, -0.2) is 0 Å². The van der Waals surface area contributed by atoms with E-state index >= 15 is 0 Å². The molecule has 2 heterocycles. The molecule has 1 aromatic rings. The van der Waals surface area contributed by atoms with Crippen molar-refractivity contribution in [3.05, 3.63) is 23.3 Å². The van der Waals surface area contributed by atoms with Crippen molar-refractivity contribution in [3.63, 3.8) is 0 Å². The summed E-state index contributed by atoms with van der Waals surface area (Å²) in [7, 11) is 3.38. The zero-order valence-corrected chi connectivity index (χ0v) is 19.7. The van der Waals surface area contributed by atoms with Gasteiger partial charge >= 0.3 is 0 Å². The highest BCUT2D eigenvalue weighted by molar-refractivity contribution is 5.77. The molecule has 1 amide bonds. The summed E-state index contributed by atoms with van der Waals surface area (Å²) in [5.41, 5.74) is 2.58. The van der Waals surface area contributed by atoms with Crippen LogP contribution in [-0.2, 0) is 11.3 Å². The average Bonchev–Trinajstić information content (AvgIpc) is 2.80. The lowest BCUT2D eigenvalue weighted by atomic mass is 9.78. The third-order valence-corrected chi connectivity index (χ3v) is 7.91. The van der Waals surface area contributed by atoms with Gasteiger partial charge in [-0.2, -0.15) is 0 Å². The highest BCUT2D eigenvalue weighted by Crippen LogP contribution is 2.35. The third kappa shape index (κ3) is 5.17. The van der Waals surface area contributed by atoms with Crippen LogP contribution in [0.4, 0.5) is 0 Å². The van der Waals surface area contributed by atoms with E-state index in [9.17, 15) is 4.79 Å². The molecule has 4 rings (SSSR count). The molecule has 3 fully saturated rings. The number of fused-ring (bicyclic) bond motifs is 1. The monoisotopic (exact) mass is 431 g/mol. The van der Waals surface area contributed by atoms with E-state index in [0.29, 0.717) is 18.5 Å². The number of aryl methyl sites for hydroxylation is 1. The van der Waals surface area contributed by atoms with Gasteiger partial charge in [0.2, 0.25) is 0 Å². The third-order valence-electron chi connectivity index (χ3n) is 7.91. The van der Waals surface area contributed by atoms with Crippen molar-refractivity contribution in [1.82, 2.24) is 4.90 Å². The number of likely N-dealkylation sites (tertiary alicyclic amines) is 1. The number of carbonyl (C=O) groups is 1. The van der Waals surface area contributed by atoms with Crippen LogP contribution < -0.4 is 19.3 Å². The molecule has 2 N–H and O–H groups in total. The quantitative estimate of drug-likeness (QED) is 0.689. The lowest BCUT2D eigenvalue weighted by Crippen LogP contribution is -3.28. The number of nitrogens with zero attached hydrogens (tertiary/aromatic N) is 1. The van der Waals surface area contributed by atoms with E-state index in [1.807, 2.05) is 0 Å². The SMILES string of the molecule is COc1cc(C)c(C[NH+]2CC[NH+](CC(=O)N3CCC[C@@H]4CCCC[C@H]43)CC2)cc1OC. The Morgan fingerprint density at radius 1 is 0.968 bits per heavy atom. The van der Waals surface area contributed by atoms with Gasteiger partial charge in [0.25, 0.3) is 5.91 Å². The van der Waals surface area contributed by atoms with Gasteiger partial charge < -0.3 is 24.2 Å². The summed E-state index contributed by atoms with van der Waals surface area (Å²) in [4.78, 5) is 18.5. The van der Waals surface area contributed by atoms with Crippen LogP contribution in [0.15, 0.2) is 12.1 Å². The molecule has 1 aromatic carbocycles. The molecule has 0 spiro atoms. The Kier molecular flexibility index (Phi) is 7.39. The highest BCUT2D eigenvalue weighted by Gasteiger charge is 2.37. The number of piperazine rings is 1. The summed E-state index contributed by atoms with van der Waals surface area (Å²) >= 11 is 0. The average molecular weight is 432 g/mol. The smallest absolute Gasteiger partial charge is 0.278 e. The normalized spacial score (nSPS) is 28.7. The number of carbonyl (C=O) groups excluding carboxylic acids is 1. The van der Waals surface area contributed by atoms with Crippen molar-refractivity contribution in [2.24, 2.45) is 5.92 Å². The van der Waals surface area contributed by atoms with Crippen LogP contribution in [0, 0.1) is 12.8 Å². The van der Waals surface area contributed by atoms with E-state index in [-0.39, 0.29) is 0 Å². The molecule has 172 valence electrons. The van der Waals surface area contributed by atoms with Crippen LogP contribution in [0.25, 0.3) is 0 Å². The molecule has 1 aliphatic carbocycles. The molecular formula is C25H41N3O3+2. The zero-order valence-electron chi connectivity index (χ0n) is 19.7. The number of hydrogen-bond acceptors (Lipinski definition) is 3. The predicted molar refractivity (Wildman–Crippen MR) is 121 cm³/mol. The summed E-state index contributed by atoms with van der Waals surface area (Å²) < 4.78 is 10.9. The second kappa shape index (κ2) is 10.2. The summed E-state index contributed by atoms with van der Waals surface area (Å²) in [5.74, 6) is 2.78. The molecule has 0 bridgehead atoms. The van der Waals surface area contributed by atoms with E-state index in [0.717, 1.165) is 56.7 Å². The van der Waals surface area contributed by atoms with Gasteiger partial charge in [-0.1, -0.05) is 12.8 Å². The van der Waals surface area contributed by atoms with Crippen molar-refractivity contribution in [2.45, 2.75) is 58.0 Å². The van der Waals surface area contributed by atoms with Crippen molar-refractivity contribution in [3.8, 4) is 11.5 Å². The zero-order chi connectivity index (χ0) is 21.8. The minimum Gasteiger partial charge on any atom is -0.493 e. The van der Waals surface area contributed by atoms with E-state index in [2.05, 4.69) is 24.0 Å². The van der Waals surface area contributed by atoms with Crippen LogP contribution >= 0.6 is 0 Å². The number of quaternary nitrogens is 2. The van der Waals surface area contributed by atoms with E-state index in [4.69, 9.17) is 9.47 Å². The van der Waals surface area contributed by atoms with Gasteiger partial charge in [0, 0.05) is 18.2 Å². The van der Waals surface area contributed by atoms with Gasteiger partial charge in [-0.15, -0.1) is 0 Å². The summed E-state index contributed by atoms with van der Waals surface area (Å²) in [6.07, 6.45) is 7.76. The molecule has 0 unspecified atom stereocenters. The fraction of sp³-hybridized carbons (Fsp3) is 0.720. The maximum absolute atomic E-state index is 13.1. The van der Waals surface area contributed by atoms with Crippen molar-refractivity contribution < 1.29 is 24.1 Å². The molecule has 0 radical (unpaired) electrons. The Balaban J connectivity index is 1.28. The second-order valence-electron chi connectivity index (χ2n) is 9.83. The van der Waals surface area contributed by atoms with E-state index in [1.165, 1.54) is 54.6 Å². The summed E-state index contributed by atoms with van der Waals surface area (Å²) in [6.45, 7) is 9.21. The van der Waals surface area contributed by atoms with Gasteiger partial charge in [-0.3, -0.25) is 4.79 Å². The lowest BCUT2D eigenvalue weighted by molar-refractivity contribution is -1.02. The molecule has 6 heteroatoms. The minimum atomic E-state index is 0.408. The molecule has 3 aliphatic rings. The Morgan fingerprint density at radius 2 is 1.61 bits per heavy atom. The van der Waals surface area contributed by atoms with Crippen LogP contribution in [0.2, 0.25) is 0 Å². The second-order valence-corrected chi connectivity index (χ2v) is 9.83. The molecular weight excluding hydrogens is 390 g/mol. The number of hydrogen-bond donors (Lipinski definition) is 2. The first-order valence-electron chi connectivity index (χ1n) is 12.3. The molecule has 31 heavy (non-hydrogen) atoms. The summed E-state index contributed by atoms with van der Waals surface area (Å²) in [6, 6.07) is 4.74. The van der Waals surface area contributed by atoms with Gasteiger partial charge in [0.1, 0.15) is 32.7 Å². The van der Waals surface area contributed by atoms with Gasteiger partial charge in [0.15, 0.2) is 18.0 Å². The number of methoxy groups -OCH3 is 2. The van der Waals surface area contributed by atoms with Crippen molar-refractivity contribution in [1.29, 1.82) is 0 Å². The Labute approximate surface area is 187 Å². The molecule has 2 saturated heterocycles.